The summed E-state index contributed by atoms with van der Waals surface area (Å²) in [5, 5.41) is 12.6. The minimum Gasteiger partial charge on any atom is -0.497 e. The smallest absolute Gasteiger partial charge is 0.278 e. The van der Waals surface area contributed by atoms with Gasteiger partial charge in [-0.1, -0.05) is 17.3 Å². The van der Waals surface area contributed by atoms with Gasteiger partial charge in [-0.15, -0.1) is 10.2 Å². The Morgan fingerprint density at radius 1 is 0.875 bits per heavy atom. The maximum atomic E-state index is 14.0. The first-order valence-electron chi connectivity index (χ1n) is 10.3. The van der Waals surface area contributed by atoms with Crippen molar-refractivity contribution in [3.8, 4) is 28.7 Å². The van der Waals surface area contributed by atoms with E-state index in [4.69, 9.17) is 9.26 Å². The van der Waals surface area contributed by atoms with E-state index in [9.17, 15) is 4.39 Å². The number of anilines is 2. The van der Waals surface area contributed by atoms with Gasteiger partial charge in [0.25, 0.3) is 5.89 Å². The van der Waals surface area contributed by atoms with Crippen LogP contribution in [0, 0.1) is 5.82 Å². The van der Waals surface area contributed by atoms with E-state index >= 15 is 0 Å². The third-order valence-electron chi connectivity index (χ3n) is 5.44. The molecule has 0 aliphatic carbocycles. The highest BCUT2D eigenvalue weighted by molar-refractivity contribution is 5.59. The van der Waals surface area contributed by atoms with Crippen LogP contribution >= 0.6 is 0 Å². The number of nitrogens with zero attached hydrogens (tertiary/aromatic N) is 6. The molecule has 5 rings (SSSR count). The van der Waals surface area contributed by atoms with Gasteiger partial charge in [0, 0.05) is 31.7 Å². The van der Waals surface area contributed by atoms with Crippen LogP contribution in [0.3, 0.4) is 0 Å². The van der Waals surface area contributed by atoms with E-state index in [0.29, 0.717) is 36.2 Å². The fraction of sp³-hybridized carbons (Fsp3) is 0.217. The molecule has 0 atom stereocenters. The summed E-state index contributed by atoms with van der Waals surface area (Å²) in [7, 11) is 1.62. The van der Waals surface area contributed by atoms with E-state index in [1.165, 1.54) is 6.07 Å². The summed E-state index contributed by atoms with van der Waals surface area (Å²) in [4.78, 5) is 8.60. The van der Waals surface area contributed by atoms with Crippen LogP contribution in [-0.2, 0) is 0 Å². The number of para-hydroxylation sites is 1. The number of methoxy groups -OCH3 is 1. The summed E-state index contributed by atoms with van der Waals surface area (Å²) in [6.45, 7) is 2.87. The molecule has 0 saturated carbocycles. The maximum Gasteiger partial charge on any atom is 0.278 e. The highest BCUT2D eigenvalue weighted by Crippen LogP contribution is 2.25. The van der Waals surface area contributed by atoms with Crippen molar-refractivity contribution in [1.29, 1.82) is 0 Å². The SMILES string of the molecule is COc1ccc(-c2noc(-c3ccc(N4CCN(c5ccccc5F)CC4)nn3)n2)cc1. The fourth-order valence-corrected chi connectivity index (χ4v) is 3.68. The zero-order valence-electron chi connectivity index (χ0n) is 17.5. The molecule has 1 aliphatic rings. The monoisotopic (exact) mass is 432 g/mol. The van der Waals surface area contributed by atoms with Gasteiger partial charge in [-0.3, -0.25) is 0 Å². The molecule has 32 heavy (non-hydrogen) atoms. The van der Waals surface area contributed by atoms with Gasteiger partial charge < -0.3 is 19.1 Å². The van der Waals surface area contributed by atoms with Gasteiger partial charge in [0.1, 0.15) is 11.6 Å². The Hall–Kier alpha value is -4.01. The predicted molar refractivity (Wildman–Crippen MR) is 118 cm³/mol. The van der Waals surface area contributed by atoms with Gasteiger partial charge in [-0.05, 0) is 48.5 Å². The quantitative estimate of drug-likeness (QED) is 0.473. The molecule has 0 radical (unpaired) electrons. The Bertz CT molecular complexity index is 1190. The van der Waals surface area contributed by atoms with Crippen LogP contribution in [0.15, 0.2) is 65.2 Å². The van der Waals surface area contributed by atoms with Crippen molar-refractivity contribution in [3.63, 3.8) is 0 Å². The average molecular weight is 432 g/mol. The lowest BCUT2D eigenvalue weighted by Gasteiger charge is -2.36. The molecule has 0 unspecified atom stereocenters. The normalized spacial score (nSPS) is 13.9. The Labute approximate surface area is 184 Å². The lowest BCUT2D eigenvalue weighted by molar-refractivity contribution is 0.414. The van der Waals surface area contributed by atoms with Crippen LogP contribution in [0.5, 0.6) is 5.75 Å². The number of benzene rings is 2. The molecule has 162 valence electrons. The highest BCUT2D eigenvalue weighted by Gasteiger charge is 2.21. The van der Waals surface area contributed by atoms with Crippen molar-refractivity contribution in [2.24, 2.45) is 0 Å². The molecule has 3 heterocycles. The molecule has 4 aromatic rings. The van der Waals surface area contributed by atoms with Gasteiger partial charge in [0.2, 0.25) is 5.82 Å². The van der Waals surface area contributed by atoms with Crippen LogP contribution in [0.1, 0.15) is 0 Å². The minimum atomic E-state index is -0.196. The topological polar surface area (TPSA) is 80.4 Å². The number of hydrogen-bond donors (Lipinski definition) is 0. The second-order valence-electron chi connectivity index (χ2n) is 7.35. The van der Waals surface area contributed by atoms with Gasteiger partial charge in [0.05, 0.1) is 12.8 Å². The van der Waals surface area contributed by atoms with E-state index in [2.05, 4.69) is 25.2 Å². The van der Waals surface area contributed by atoms with Gasteiger partial charge in [-0.2, -0.15) is 4.98 Å². The number of aromatic nitrogens is 4. The Balaban J connectivity index is 1.25. The molecule has 8 nitrogen and oxygen atoms in total. The van der Waals surface area contributed by atoms with Crippen molar-refractivity contribution in [2.75, 3.05) is 43.1 Å². The second-order valence-corrected chi connectivity index (χ2v) is 7.35. The highest BCUT2D eigenvalue weighted by atomic mass is 19.1. The van der Waals surface area contributed by atoms with Gasteiger partial charge >= 0.3 is 0 Å². The van der Waals surface area contributed by atoms with Crippen molar-refractivity contribution in [3.05, 3.63) is 66.5 Å². The molecule has 0 N–H and O–H groups in total. The van der Waals surface area contributed by atoms with Gasteiger partial charge in [-0.25, -0.2) is 4.39 Å². The van der Waals surface area contributed by atoms with Crippen LogP contribution in [0.2, 0.25) is 0 Å². The number of ether oxygens (including phenoxy) is 1. The second kappa shape index (κ2) is 8.62. The summed E-state index contributed by atoms with van der Waals surface area (Å²) < 4.78 is 24.6. The van der Waals surface area contributed by atoms with Crippen LogP contribution in [0.4, 0.5) is 15.9 Å². The average Bonchev–Trinajstić information content (AvgIpc) is 3.35. The zero-order valence-corrected chi connectivity index (χ0v) is 17.5. The van der Waals surface area contributed by atoms with Crippen molar-refractivity contribution in [1.82, 2.24) is 20.3 Å². The number of piperazine rings is 1. The van der Waals surface area contributed by atoms with E-state index in [1.54, 1.807) is 13.2 Å². The lowest BCUT2D eigenvalue weighted by Crippen LogP contribution is -2.47. The fourth-order valence-electron chi connectivity index (χ4n) is 3.68. The molecule has 1 saturated heterocycles. The number of rotatable bonds is 5. The van der Waals surface area contributed by atoms with E-state index < -0.39 is 0 Å². The molecule has 2 aromatic carbocycles. The maximum absolute atomic E-state index is 14.0. The van der Waals surface area contributed by atoms with Crippen molar-refractivity contribution in [2.45, 2.75) is 0 Å². The Morgan fingerprint density at radius 2 is 1.62 bits per heavy atom. The van der Waals surface area contributed by atoms with Crippen LogP contribution < -0.4 is 14.5 Å². The molecule has 0 spiro atoms. The summed E-state index contributed by atoms with van der Waals surface area (Å²) in [5.41, 5.74) is 1.96. The first-order chi connectivity index (χ1) is 15.7. The zero-order chi connectivity index (χ0) is 21.9. The minimum absolute atomic E-state index is 0.196. The molecule has 0 amide bonds. The molecular formula is C23H21FN6O2. The summed E-state index contributed by atoms with van der Waals surface area (Å²) >= 11 is 0. The standard InChI is InChI=1S/C23H21FN6O2/c1-31-17-8-6-16(7-9-17)22-25-23(32-28-22)19-10-11-21(27-26-19)30-14-12-29(13-15-30)20-5-3-2-4-18(20)24/h2-11H,12-15H2,1H3. The largest absolute Gasteiger partial charge is 0.497 e. The van der Waals surface area contributed by atoms with Crippen LogP contribution in [-0.4, -0.2) is 53.6 Å². The molecule has 1 aliphatic heterocycles. The Kier molecular flexibility index (Phi) is 5.37. The van der Waals surface area contributed by atoms with Gasteiger partial charge in [0.15, 0.2) is 11.5 Å². The molecule has 2 aromatic heterocycles. The third-order valence-corrected chi connectivity index (χ3v) is 5.44. The van der Waals surface area contributed by atoms with E-state index in [-0.39, 0.29) is 5.82 Å². The molecule has 9 heteroatoms. The number of hydrogen-bond acceptors (Lipinski definition) is 8. The number of halogens is 1. The Morgan fingerprint density at radius 3 is 2.31 bits per heavy atom. The predicted octanol–water partition coefficient (Wildman–Crippen LogP) is 3.67. The third kappa shape index (κ3) is 3.96. The summed E-state index contributed by atoms with van der Waals surface area (Å²) in [5.74, 6) is 2.10. The van der Waals surface area contributed by atoms with E-state index in [1.807, 2.05) is 53.4 Å². The molecular weight excluding hydrogens is 411 g/mol. The first-order valence-corrected chi connectivity index (χ1v) is 10.3. The van der Waals surface area contributed by atoms with E-state index in [0.717, 1.165) is 30.2 Å². The first kappa shape index (κ1) is 19.9. The van der Waals surface area contributed by atoms with Crippen LogP contribution in [0.25, 0.3) is 23.0 Å². The lowest BCUT2D eigenvalue weighted by atomic mass is 10.2. The summed E-state index contributed by atoms with van der Waals surface area (Å²) in [6, 6.07) is 18.0. The van der Waals surface area contributed by atoms with Crippen molar-refractivity contribution >= 4 is 11.5 Å². The molecule has 1 fully saturated rings. The van der Waals surface area contributed by atoms with Crippen molar-refractivity contribution < 1.29 is 13.7 Å². The molecule has 0 bridgehead atoms. The summed E-state index contributed by atoms with van der Waals surface area (Å²) in [6.07, 6.45) is 0.